The third-order valence-corrected chi connectivity index (χ3v) is 3.14. The van der Waals surface area contributed by atoms with Gasteiger partial charge in [0.2, 0.25) is 0 Å². The molecule has 1 aromatic rings. The molecule has 2 N–H and O–H groups in total. The number of benzene rings is 1. The highest BCUT2D eigenvalue weighted by atomic mass is 19.4. The molecule has 0 saturated carbocycles. The van der Waals surface area contributed by atoms with Crippen LogP contribution in [0.4, 0.5) is 26.3 Å². The third-order valence-electron chi connectivity index (χ3n) is 3.14. The molecule has 0 aromatic heterocycles. The summed E-state index contributed by atoms with van der Waals surface area (Å²) in [6.45, 7) is 0. The summed E-state index contributed by atoms with van der Waals surface area (Å²) in [6, 6.07) is 3.23. The van der Waals surface area contributed by atoms with Gasteiger partial charge < -0.3 is 10.5 Å². The van der Waals surface area contributed by atoms with E-state index < -0.39 is 48.1 Å². The van der Waals surface area contributed by atoms with E-state index in [0.717, 1.165) is 12.1 Å². The average molecular weight is 312 g/mol. The Kier molecular flexibility index (Phi) is 3.77. The molecule has 0 radical (unpaired) electrons. The summed E-state index contributed by atoms with van der Waals surface area (Å²) >= 11 is 0. The summed E-state index contributed by atoms with van der Waals surface area (Å²) in [5.41, 5.74) is 1.71. The first-order valence-electron chi connectivity index (χ1n) is 5.78. The minimum atomic E-state index is -4.92. The van der Waals surface area contributed by atoms with Crippen molar-refractivity contribution >= 4 is 6.02 Å². The van der Waals surface area contributed by atoms with Crippen molar-refractivity contribution in [2.45, 2.75) is 30.7 Å². The van der Waals surface area contributed by atoms with Crippen molar-refractivity contribution in [3.63, 3.8) is 0 Å². The first-order valence-corrected chi connectivity index (χ1v) is 5.78. The minimum absolute atomic E-state index is 0.652. The van der Waals surface area contributed by atoms with Gasteiger partial charge in [0, 0.05) is 12.0 Å². The highest BCUT2D eigenvalue weighted by Gasteiger charge is 2.55. The average Bonchev–Trinajstić information content (AvgIpc) is 2.37. The fourth-order valence-corrected chi connectivity index (χ4v) is 2.16. The van der Waals surface area contributed by atoms with Crippen LogP contribution in [0.25, 0.3) is 0 Å². The molecule has 0 bridgehead atoms. The molecule has 1 heterocycles. The molecule has 0 spiro atoms. The first-order chi connectivity index (χ1) is 9.67. The summed E-state index contributed by atoms with van der Waals surface area (Å²) in [7, 11) is 0. The highest BCUT2D eigenvalue weighted by Crippen LogP contribution is 2.44. The molecule has 0 aliphatic carbocycles. The minimum Gasteiger partial charge on any atom is -0.452 e. The Bertz CT molecular complexity index is 559. The summed E-state index contributed by atoms with van der Waals surface area (Å²) in [5.74, 6) is -1.09. The number of ether oxygens (including phenoxy) is 1. The van der Waals surface area contributed by atoms with Gasteiger partial charge in [0.25, 0.3) is 12.4 Å². The van der Waals surface area contributed by atoms with Crippen LogP contribution in [0, 0.1) is 5.82 Å². The molecule has 1 aliphatic rings. The molecule has 1 aliphatic heterocycles. The van der Waals surface area contributed by atoms with Gasteiger partial charge in [0.05, 0.1) is 0 Å². The Morgan fingerprint density at radius 2 is 1.90 bits per heavy atom. The zero-order valence-corrected chi connectivity index (χ0v) is 10.4. The lowest BCUT2D eigenvalue weighted by molar-refractivity contribution is -0.213. The highest BCUT2D eigenvalue weighted by molar-refractivity contribution is 5.73. The molecule has 2 rings (SSSR count). The number of nitrogens with zero attached hydrogens (tertiary/aromatic N) is 1. The lowest BCUT2D eigenvalue weighted by Gasteiger charge is -2.37. The smallest absolute Gasteiger partial charge is 0.425 e. The van der Waals surface area contributed by atoms with E-state index in [4.69, 9.17) is 5.73 Å². The van der Waals surface area contributed by atoms with Crippen LogP contribution in [-0.2, 0) is 10.3 Å². The number of hydrogen-bond acceptors (Lipinski definition) is 3. The van der Waals surface area contributed by atoms with Crippen LogP contribution in [0.2, 0.25) is 0 Å². The monoisotopic (exact) mass is 312 g/mol. The number of hydrogen-bond donors (Lipinski definition) is 1. The van der Waals surface area contributed by atoms with Crippen LogP contribution in [0.15, 0.2) is 29.3 Å². The van der Waals surface area contributed by atoms with Crippen LogP contribution in [-0.4, -0.2) is 24.7 Å². The second-order valence-electron chi connectivity index (χ2n) is 4.51. The van der Waals surface area contributed by atoms with E-state index >= 15 is 0 Å². The lowest BCUT2D eigenvalue weighted by Crippen LogP contribution is -2.50. The second kappa shape index (κ2) is 5.12. The van der Waals surface area contributed by atoms with Gasteiger partial charge >= 0.3 is 6.18 Å². The molecule has 3 nitrogen and oxygen atoms in total. The van der Waals surface area contributed by atoms with Crippen molar-refractivity contribution in [1.29, 1.82) is 0 Å². The largest absolute Gasteiger partial charge is 0.452 e. The molecule has 2 atom stereocenters. The van der Waals surface area contributed by atoms with Gasteiger partial charge in [-0.25, -0.2) is 18.2 Å². The van der Waals surface area contributed by atoms with E-state index in [1.165, 1.54) is 12.1 Å². The molecular weight excluding hydrogens is 302 g/mol. The van der Waals surface area contributed by atoms with E-state index in [-0.39, 0.29) is 0 Å². The van der Waals surface area contributed by atoms with Crippen LogP contribution in [0.3, 0.4) is 0 Å². The maximum absolute atomic E-state index is 13.8. The summed E-state index contributed by atoms with van der Waals surface area (Å²) in [6.07, 6.45) is -12.1. The Balaban J connectivity index is 2.58. The number of halogens is 6. The molecule has 9 heteroatoms. The molecule has 0 saturated heterocycles. The zero-order valence-electron chi connectivity index (χ0n) is 10.4. The number of alkyl halides is 5. The lowest BCUT2D eigenvalue weighted by atomic mass is 9.84. The van der Waals surface area contributed by atoms with E-state index in [0.29, 0.717) is 0 Å². The molecule has 1 aromatic carbocycles. The Labute approximate surface area is 115 Å². The molecule has 0 unspecified atom stereocenters. The standard InChI is InChI=1S/C12H10F6N2O/c13-7-4-2-1-3-6(7)11(9(14)15)5-8(12(16,17)18)21-10(19)20-11/h1-4,8-9H,5H2,(H2,19,20)/t8-,11-/m0/s1. The Morgan fingerprint density at radius 3 is 2.43 bits per heavy atom. The van der Waals surface area contributed by atoms with Crippen LogP contribution in [0.1, 0.15) is 12.0 Å². The molecule has 0 fully saturated rings. The van der Waals surface area contributed by atoms with Crippen molar-refractivity contribution in [3.8, 4) is 0 Å². The van der Waals surface area contributed by atoms with E-state index in [1.807, 2.05) is 0 Å². The number of amidine groups is 1. The summed E-state index contributed by atoms with van der Waals surface area (Å²) < 4.78 is 83.2. The van der Waals surface area contributed by atoms with Crippen molar-refractivity contribution in [2.24, 2.45) is 10.7 Å². The number of nitrogens with two attached hydrogens (primary N) is 1. The van der Waals surface area contributed by atoms with Crippen LogP contribution < -0.4 is 5.73 Å². The topological polar surface area (TPSA) is 47.6 Å². The SMILES string of the molecule is NC1=N[C@@](c2ccccc2F)(C(F)F)C[C@@H](C(F)(F)F)O1. The van der Waals surface area contributed by atoms with E-state index in [2.05, 4.69) is 9.73 Å². The maximum atomic E-state index is 13.8. The van der Waals surface area contributed by atoms with Gasteiger partial charge in [-0.05, 0) is 6.07 Å². The van der Waals surface area contributed by atoms with Crippen molar-refractivity contribution in [2.75, 3.05) is 0 Å². The Hall–Kier alpha value is -1.93. The molecule has 0 amide bonds. The second-order valence-corrected chi connectivity index (χ2v) is 4.51. The predicted molar refractivity (Wildman–Crippen MR) is 61.2 cm³/mol. The summed E-state index contributed by atoms with van der Waals surface area (Å²) in [4.78, 5) is 3.29. The van der Waals surface area contributed by atoms with Gasteiger partial charge in [0.15, 0.2) is 11.6 Å². The van der Waals surface area contributed by atoms with E-state index in [9.17, 15) is 26.3 Å². The fourth-order valence-electron chi connectivity index (χ4n) is 2.16. The number of rotatable bonds is 2. The van der Waals surface area contributed by atoms with Crippen molar-refractivity contribution in [3.05, 3.63) is 35.6 Å². The number of aliphatic imine (C=N–C) groups is 1. The van der Waals surface area contributed by atoms with Crippen molar-refractivity contribution in [1.82, 2.24) is 0 Å². The molecular formula is C12H10F6N2O. The molecule has 116 valence electrons. The van der Waals surface area contributed by atoms with Gasteiger partial charge in [0.1, 0.15) is 5.82 Å². The van der Waals surface area contributed by atoms with Crippen LogP contribution in [0.5, 0.6) is 0 Å². The Morgan fingerprint density at radius 1 is 1.29 bits per heavy atom. The summed E-state index contributed by atoms with van der Waals surface area (Å²) in [5, 5.41) is 0. The van der Waals surface area contributed by atoms with Gasteiger partial charge in [-0.15, -0.1) is 0 Å². The van der Waals surface area contributed by atoms with Crippen molar-refractivity contribution < 1.29 is 31.1 Å². The third kappa shape index (κ3) is 2.77. The van der Waals surface area contributed by atoms with Gasteiger partial charge in [-0.1, -0.05) is 18.2 Å². The van der Waals surface area contributed by atoms with Crippen LogP contribution >= 0.6 is 0 Å². The zero-order chi connectivity index (χ0) is 15.8. The maximum Gasteiger partial charge on any atom is 0.425 e. The predicted octanol–water partition coefficient (Wildman–Crippen LogP) is 2.95. The molecule has 21 heavy (non-hydrogen) atoms. The fraction of sp³-hybridized carbons (Fsp3) is 0.417. The van der Waals surface area contributed by atoms with Gasteiger partial charge in [-0.3, -0.25) is 0 Å². The van der Waals surface area contributed by atoms with Gasteiger partial charge in [-0.2, -0.15) is 13.2 Å². The first kappa shape index (κ1) is 15.5. The normalized spacial score (nSPS) is 26.4. The quantitative estimate of drug-likeness (QED) is 0.854. The van der Waals surface area contributed by atoms with E-state index in [1.54, 1.807) is 0 Å².